The minimum atomic E-state index is -1.04. The zero-order chi connectivity index (χ0) is 17.3. The highest BCUT2D eigenvalue weighted by Crippen LogP contribution is 2.27. The summed E-state index contributed by atoms with van der Waals surface area (Å²) in [5.74, 6) is -1.03. The second-order valence-electron chi connectivity index (χ2n) is 6.05. The van der Waals surface area contributed by atoms with Gasteiger partial charge in [0.15, 0.2) is 0 Å². The summed E-state index contributed by atoms with van der Waals surface area (Å²) in [4.78, 5) is 13.4. The molecule has 2 atom stereocenters. The van der Waals surface area contributed by atoms with E-state index in [-0.39, 0.29) is 23.6 Å². The fourth-order valence-electron chi connectivity index (χ4n) is 3.04. The van der Waals surface area contributed by atoms with Gasteiger partial charge in [-0.3, -0.25) is 4.90 Å². The zero-order valence-corrected chi connectivity index (χ0v) is 13.5. The van der Waals surface area contributed by atoms with Crippen LogP contribution in [-0.4, -0.2) is 40.3 Å². The molecular formula is C17H19FN2O4. The van der Waals surface area contributed by atoms with Gasteiger partial charge in [-0.05, 0) is 31.5 Å². The predicted molar refractivity (Wildman–Crippen MR) is 83.2 cm³/mol. The average Bonchev–Trinajstić information content (AvgIpc) is 2.88. The van der Waals surface area contributed by atoms with Crippen LogP contribution >= 0.6 is 0 Å². The second-order valence-corrected chi connectivity index (χ2v) is 6.05. The Labute approximate surface area is 138 Å². The first-order valence-electron chi connectivity index (χ1n) is 7.75. The van der Waals surface area contributed by atoms with Gasteiger partial charge in [0.05, 0.1) is 12.2 Å². The van der Waals surface area contributed by atoms with E-state index in [0.717, 1.165) is 5.56 Å². The number of morpholine rings is 1. The van der Waals surface area contributed by atoms with E-state index >= 15 is 0 Å². The lowest BCUT2D eigenvalue weighted by Gasteiger charge is -2.36. The third-order valence-corrected chi connectivity index (χ3v) is 4.10. The lowest BCUT2D eigenvalue weighted by molar-refractivity contribution is -0.0818. The van der Waals surface area contributed by atoms with Gasteiger partial charge in [0.2, 0.25) is 0 Å². The summed E-state index contributed by atoms with van der Waals surface area (Å²) in [5, 5.41) is 13.2. The van der Waals surface area contributed by atoms with Crippen molar-refractivity contribution >= 4 is 5.97 Å². The third kappa shape index (κ3) is 3.47. The van der Waals surface area contributed by atoms with Gasteiger partial charge < -0.3 is 14.4 Å². The molecule has 0 amide bonds. The second kappa shape index (κ2) is 6.70. The molecule has 128 valence electrons. The molecule has 1 aliphatic rings. The molecule has 2 aromatic rings. The van der Waals surface area contributed by atoms with Gasteiger partial charge in [0, 0.05) is 19.6 Å². The van der Waals surface area contributed by atoms with Crippen molar-refractivity contribution in [3.05, 3.63) is 52.7 Å². The number of aromatic carboxylic acids is 1. The van der Waals surface area contributed by atoms with E-state index < -0.39 is 5.97 Å². The van der Waals surface area contributed by atoms with Crippen molar-refractivity contribution in [3.8, 4) is 0 Å². The van der Waals surface area contributed by atoms with Crippen molar-refractivity contribution in [2.75, 3.05) is 13.1 Å². The van der Waals surface area contributed by atoms with Crippen LogP contribution in [0.5, 0.6) is 0 Å². The predicted octanol–water partition coefficient (Wildman–Crippen LogP) is 2.78. The first-order chi connectivity index (χ1) is 11.4. The number of aryl methyl sites for hydroxylation is 1. The van der Waals surface area contributed by atoms with Crippen molar-refractivity contribution in [3.63, 3.8) is 0 Å². The SMILES string of the molecule is Cc1onc(CN2CC(C)OC(c3ccc(F)cc3)C2)c1C(=O)O. The molecule has 0 bridgehead atoms. The number of aromatic nitrogens is 1. The monoisotopic (exact) mass is 334 g/mol. The van der Waals surface area contributed by atoms with Crippen molar-refractivity contribution in [2.45, 2.75) is 32.6 Å². The van der Waals surface area contributed by atoms with Crippen LogP contribution in [0.2, 0.25) is 0 Å². The van der Waals surface area contributed by atoms with Crippen molar-refractivity contribution in [2.24, 2.45) is 0 Å². The Morgan fingerprint density at radius 1 is 1.38 bits per heavy atom. The number of hydrogen-bond donors (Lipinski definition) is 1. The van der Waals surface area contributed by atoms with Gasteiger partial charge in [-0.2, -0.15) is 0 Å². The number of ether oxygens (including phenoxy) is 1. The Kier molecular flexibility index (Phi) is 4.64. The lowest BCUT2D eigenvalue weighted by atomic mass is 10.1. The van der Waals surface area contributed by atoms with E-state index in [4.69, 9.17) is 9.26 Å². The average molecular weight is 334 g/mol. The number of hydrogen-bond acceptors (Lipinski definition) is 5. The first-order valence-corrected chi connectivity index (χ1v) is 7.75. The fraction of sp³-hybridized carbons (Fsp3) is 0.412. The van der Waals surface area contributed by atoms with Gasteiger partial charge in [-0.15, -0.1) is 0 Å². The molecule has 0 spiro atoms. The number of carbonyl (C=O) groups is 1. The van der Waals surface area contributed by atoms with Crippen molar-refractivity contribution in [1.82, 2.24) is 10.1 Å². The van der Waals surface area contributed by atoms with Crippen LogP contribution in [0.3, 0.4) is 0 Å². The lowest BCUT2D eigenvalue weighted by Crippen LogP contribution is -2.42. The van der Waals surface area contributed by atoms with E-state index in [1.807, 2.05) is 6.92 Å². The largest absolute Gasteiger partial charge is 0.477 e. The van der Waals surface area contributed by atoms with Crippen molar-refractivity contribution < 1.29 is 23.6 Å². The first kappa shape index (κ1) is 16.6. The Bertz CT molecular complexity index is 729. The van der Waals surface area contributed by atoms with Gasteiger partial charge in [-0.1, -0.05) is 17.3 Å². The van der Waals surface area contributed by atoms with Crippen LogP contribution in [0.1, 0.15) is 40.4 Å². The topological polar surface area (TPSA) is 75.8 Å². The maximum atomic E-state index is 13.1. The van der Waals surface area contributed by atoms with E-state index in [9.17, 15) is 14.3 Å². The van der Waals surface area contributed by atoms with Crippen LogP contribution in [0, 0.1) is 12.7 Å². The molecule has 1 aliphatic heterocycles. The van der Waals surface area contributed by atoms with Gasteiger partial charge in [0.25, 0.3) is 0 Å². The highest BCUT2D eigenvalue weighted by atomic mass is 19.1. The quantitative estimate of drug-likeness (QED) is 0.926. The third-order valence-electron chi connectivity index (χ3n) is 4.10. The van der Waals surface area contributed by atoms with Crippen LogP contribution in [0.4, 0.5) is 4.39 Å². The molecule has 0 aliphatic carbocycles. The van der Waals surface area contributed by atoms with Crippen LogP contribution in [0.25, 0.3) is 0 Å². The fourth-order valence-corrected chi connectivity index (χ4v) is 3.04. The molecule has 2 unspecified atom stereocenters. The molecule has 1 aromatic carbocycles. The molecule has 3 rings (SSSR count). The van der Waals surface area contributed by atoms with Crippen LogP contribution < -0.4 is 0 Å². The smallest absolute Gasteiger partial charge is 0.341 e. The Morgan fingerprint density at radius 3 is 2.75 bits per heavy atom. The summed E-state index contributed by atoms with van der Waals surface area (Å²) < 4.78 is 24.0. The van der Waals surface area contributed by atoms with Crippen LogP contribution in [-0.2, 0) is 11.3 Å². The van der Waals surface area contributed by atoms with E-state index in [1.165, 1.54) is 12.1 Å². The van der Waals surface area contributed by atoms with Gasteiger partial charge >= 0.3 is 5.97 Å². The number of nitrogens with zero attached hydrogens (tertiary/aromatic N) is 2. The number of halogens is 1. The van der Waals surface area contributed by atoms with E-state index in [1.54, 1.807) is 19.1 Å². The number of carboxylic acid groups (broad SMARTS) is 1. The minimum absolute atomic E-state index is 0.0323. The van der Waals surface area contributed by atoms with E-state index in [2.05, 4.69) is 10.1 Å². The molecule has 2 heterocycles. The van der Waals surface area contributed by atoms with Crippen molar-refractivity contribution in [1.29, 1.82) is 0 Å². The number of carboxylic acids is 1. The molecule has 6 nitrogen and oxygen atoms in total. The zero-order valence-electron chi connectivity index (χ0n) is 13.5. The summed E-state index contributed by atoms with van der Waals surface area (Å²) in [6.07, 6.45) is -0.231. The molecule has 7 heteroatoms. The Balaban J connectivity index is 1.77. The molecule has 24 heavy (non-hydrogen) atoms. The summed E-state index contributed by atoms with van der Waals surface area (Å²) in [6.45, 7) is 5.13. The highest BCUT2D eigenvalue weighted by Gasteiger charge is 2.29. The number of benzene rings is 1. The minimum Gasteiger partial charge on any atom is -0.477 e. The van der Waals surface area contributed by atoms with Crippen LogP contribution in [0.15, 0.2) is 28.8 Å². The van der Waals surface area contributed by atoms with Gasteiger partial charge in [0.1, 0.15) is 22.8 Å². The molecule has 0 saturated carbocycles. The molecule has 1 fully saturated rings. The summed E-state index contributed by atoms with van der Waals surface area (Å²) in [5.41, 5.74) is 1.42. The Morgan fingerprint density at radius 2 is 2.08 bits per heavy atom. The molecule has 1 saturated heterocycles. The summed E-state index contributed by atoms with van der Waals surface area (Å²) >= 11 is 0. The molecule has 0 radical (unpaired) electrons. The summed E-state index contributed by atoms with van der Waals surface area (Å²) in [6, 6.07) is 6.23. The Hall–Kier alpha value is -2.25. The number of rotatable bonds is 4. The van der Waals surface area contributed by atoms with E-state index in [0.29, 0.717) is 31.1 Å². The highest BCUT2D eigenvalue weighted by molar-refractivity contribution is 5.89. The van der Waals surface area contributed by atoms with Gasteiger partial charge in [-0.25, -0.2) is 9.18 Å². The standard InChI is InChI=1S/C17H19FN2O4/c1-10-7-20(8-14-16(17(21)22)11(2)24-19-14)9-15(23-10)12-3-5-13(18)6-4-12/h3-6,10,15H,7-9H2,1-2H3,(H,21,22). The summed E-state index contributed by atoms with van der Waals surface area (Å²) in [7, 11) is 0. The molecule has 1 N–H and O–H groups in total. The maximum absolute atomic E-state index is 13.1. The maximum Gasteiger partial charge on any atom is 0.341 e. The molecule has 1 aromatic heterocycles. The molecular weight excluding hydrogens is 315 g/mol. The normalized spacial score (nSPS) is 21.8.